The zero-order valence-electron chi connectivity index (χ0n) is 12.0. The number of halogens is 1. The van der Waals surface area contributed by atoms with Gasteiger partial charge in [0, 0.05) is 17.4 Å². The Bertz CT molecular complexity index is 750. The minimum absolute atomic E-state index is 0.0869. The summed E-state index contributed by atoms with van der Waals surface area (Å²) in [6.07, 6.45) is 0. The standard InChI is InChI=1S/C15H14ClN3O2S/c1-9-3-6-13(10(2)7-9)18-15(22)17-11-4-5-12(16)14(8-11)19(20)21/h3-8H,1-2H3,(H2,17,18,22). The Morgan fingerprint density at radius 3 is 2.55 bits per heavy atom. The van der Waals surface area contributed by atoms with Crippen LogP contribution in [0.4, 0.5) is 17.1 Å². The molecule has 22 heavy (non-hydrogen) atoms. The fourth-order valence-corrected chi connectivity index (χ4v) is 2.38. The largest absolute Gasteiger partial charge is 0.332 e. The third kappa shape index (κ3) is 3.93. The number of benzene rings is 2. The molecule has 7 heteroatoms. The number of nitrogens with zero attached hydrogens (tertiary/aromatic N) is 1. The van der Waals surface area contributed by atoms with E-state index in [1.54, 1.807) is 6.07 Å². The summed E-state index contributed by atoms with van der Waals surface area (Å²) in [4.78, 5) is 10.3. The van der Waals surface area contributed by atoms with Gasteiger partial charge in [-0.2, -0.15) is 0 Å². The number of aryl methyl sites for hydroxylation is 2. The molecule has 0 aliphatic carbocycles. The van der Waals surface area contributed by atoms with E-state index in [1.807, 2.05) is 32.0 Å². The highest BCUT2D eigenvalue weighted by atomic mass is 35.5. The maximum absolute atomic E-state index is 10.9. The smallest absolute Gasteiger partial charge is 0.289 e. The Morgan fingerprint density at radius 2 is 1.91 bits per heavy atom. The van der Waals surface area contributed by atoms with Gasteiger partial charge in [-0.05, 0) is 49.8 Å². The van der Waals surface area contributed by atoms with Crippen LogP contribution >= 0.6 is 23.8 Å². The van der Waals surface area contributed by atoms with Crippen LogP contribution < -0.4 is 10.6 Å². The Hall–Kier alpha value is -2.18. The van der Waals surface area contributed by atoms with Crippen LogP contribution in [-0.4, -0.2) is 10.0 Å². The van der Waals surface area contributed by atoms with Gasteiger partial charge in [0.1, 0.15) is 5.02 Å². The molecule has 0 spiro atoms. The second-order valence-corrected chi connectivity index (χ2v) is 5.64. The summed E-state index contributed by atoms with van der Waals surface area (Å²) in [6.45, 7) is 3.99. The zero-order valence-corrected chi connectivity index (χ0v) is 13.6. The van der Waals surface area contributed by atoms with Crippen molar-refractivity contribution in [1.29, 1.82) is 0 Å². The van der Waals surface area contributed by atoms with Gasteiger partial charge < -0.3 is 10.6 Å². The lowest BCUT2D eigenvalue weighted by Gasteiger charge is -2.13. The van der Waals surface area contributed by atoms with Crippen molar-refractivity contribution in [3.05, 3.63) is 62.7 Å². The fraction of sp³-hybridized carbons (Fsp3) is 0.133. The molecule has 0 heterocycles. The van der Waals surface area contributed by atoms with Gasteiger partial charge in [0.2, 0.25) is 0 Å². The van der Waals surface area contributed by atoms with Crippen molar-refractivity contribution in [2.24, 2.45) is 0 Å². The second kappa shape index (κ2) is 6.72. The molecule has 0 bridgehead atoms. The van der Waals surface area contributed by atoms with Crippen molar-refractivity contribution in [3.8, 4) is 0 Å². The number of nitro groups is 1. The lowest BCUT2D eigenvalue weighted by Crippen LogP contribution is -2.19. The first-order chi connectivity index (χ1) is 10.4. The average molecular weight is 336 g/mol. The van der Waals surface area contributed by atoms with E-state index in [2.05, 4.69) is 10.6 Å². The van der Waals surface area contributed by atoms with Gasteiger partial charge in [-0.1, -0.05) is 29.3 Å². The van der Waals surface area contributed by atoms with Crippen molar-refractivity contribution in [1.82, 2.24) is 0 Å². The predicted octanol–water partition coefficient (Wildman–Crippen LogP) is 4.67. The number of nitrogens with one attached hydrogen (secondary N) is 2. The summed E-state index contributed by atoms with van der Waals surface area (Å²) in [6, 6.07) is 10.4. The van der Waals surface area contributed by atoms with E-state index in [4.69, 9.17) is 23.8 Å². The van der Waals surface area contributed by atoms with Crippen LogP contribution in [0, 0.1) is 24.0 Å². The number of thiocarbonyl (C=S) groups is 1. The monoisotopic (exact) mass is 335 g/mol. The minimum atomic E-state index is -0.534. The Kier molecular flexibility index (Phi) is 4.95. The van der Waals surface area contributed by atoms with Crippen LogP contribution in [0.3, 0.4) is 0 Å². The molecule has 2 rings (SSSR count). The van der Waals surface area contributed by atoms with Gasteiger partial charge >= 0.3 is 0 Å². The van der Waals surface area contributed by atoms with Gasteiger partial charge in [-0.3, -0.25) is 10.1 Å². The van der Waals surface area contributed by atoms with Crippen LogP contribution in [-0.2, 0) is 0 Å². The molecular weight excluding hydrogens is 322 g/mol. The quantitative estimate of drug-likeness (QED) is 0.484. The number of nitro benzene ring substituents is 1. The molecule has 2 aromatic carbocycles. The van der Waals surface area contributed by atoms with E-state index in [-0.39, 0.29) is 10.7 Å². The van der Waals surface area contributed by atoms with Crippen LogP contribution in [0.5, 0.6) is 0 Å². The molecule has 114 valence electrons. The summed E-state index contributed by atoms with van der Waals surface area (Å²) < 4.78 is 0. The van der Waals surface area contributed by atoms with Crippen LogP contribution in [0.15, 0.2) is 36.4 Å². The van der Waals surface area contributed by atoms with E-state index in [1.165, 1.54) is 12.1 Å². The summed E-state index contributed by atoms with van der Waals surface area (Å²) in [7, 11) is 0. The molecule has 2 aromatic rings. The van der Waals surface area contributed by atoms with Crippen molar-refractivity contribution < 1.29 is 4.92 Å². The summed E-state index contributed by atoms with van der Waals surface area (Å²) in [5.74, 6) is 0. The molecule has 0 saturated carbocycles. The summed E-state index contributed by atoms with van der Waals surface area (Å²) in [5.41, 5.74) is 3.44. The number of rotatable bonds is 3. The van der Waals surface area contributed by atoms with Crippen LogP contribution in [0.1, 0.15) is 11.1 Å². The maximum atomic E-state index is 10.9. The first-order valence-electron chi connectivity index (χ1n) is 6.46. The van der Waals surface area contributed by atoms with Gasteiger partial charge in [-0.15, -0.1) is 0 Å². The van der Waals surface area contributed by atoms with Gasteiger partial charge in [-0.25, -0.2) is 0 Å². The van der Waals surface area contributed by atoms with E-state index in [0.29, 0.717) is 10.8 Å². The lowest BCUT2D eigenvalue weighted by molar-refractivity contribution is -0.384. The van der Waals surface area contributed by atoms with Crippen molar-refractivity contribution >= 4 is 46.0 Å². The van der Waals surface area contributed by atoms with E-state index in [9.17, 15) is 10.1 Å². The van der Waals surface area contributed by atoms with E-state index >= 15 is 0 Å². The fourth-order valence-electron chi connectivity index (χ4n) is 1.97. The van der Waals surface area contributed by atoms with Crippen LogP contribution in [0.25, 0.3) is 0 Å². The van der Waals surface area contributed by atoms with Gasteiger partial charge in [0.15, 0.2) is 5.11 Å². The Morgan fingerprint density at radius 1 is 1.18 bits per heavy atom. The van der Waals surface area contributed by atoms with Crippen molar-refractivity contribution in [2.45, 2.75) is 13.8 Å². The average Bonchev–Trinajstić information content (AvgIpc) is 2.44. The summed E-state index contributed by atoms with van der Waals surface area (Å²) in [5, 5.41) is 17.3. The number of anilines is 2. The Balaban J connectivity index is 2.12. The third-order valence-electron chi connectivity index (χ3n) is 3.03. The maximum Gasteiger partial charge on any atom is 0.289 e. The molecule has 2 N–H and O–H groups in total. The highest BCUT2D eigenvalue weighted by molar-refractivity contribution is 7.80. The predicted molar refractivity (Wildman–Crippen MR) is 93.9 cm³/mol. The van der Waals surface area contributed by atoms with Crippen molar-refractivity contribution in [2.75, 3.05) is 10.6 Å². The zero-order chi connectivity index (χ0) is 16.3. The molecule has 0 saturated heterocycles. The third-order valence-corrected chi connectivity index (χ3v) is 3.55. The molecule has 5 nitrogen and oxygen atoms in total. The number of hydrogen-bond acceptors (Lipinski definition) is 3. The summed E-state index contributed by atoms with van der Waals surface area (Å²) >= 11 is 11.0. The second-order valence-electron chi connectivity index (χ2n) is 4.82. The first kappa shape index (κ1) is 16.2. The van der Waals surface area contributed by atoms with Crippen molar-refractivity contribution in [3.63, 3.8) is 0 Å². The number of hydrogen-bond donors (Lipinski definition) is 2. The first-order valence-corrected chi connectivity index (χ1v) is 7.24. The van der Waals surface area contributed by atoms with E-state index < -0.39 is 4.92 Å². The molecular formula is C15H14ClN3O2S. The Labute approximate surface area is 138 Å². The molecule has 0 aromatic heterocycles. The normalized spacial score (nSPS) is 10.1. The molecule has 0 radical (unpaired) electrons. The minimum Gasteiger partial charge on any atom is -0.332 e. The lowest BCUT2D eigenvalue weighted by atomic mass is 10.1. The molecule has 0 aliphatic heterocycles. The van der Waals surface area contributed by atoms with Crippen LogP contribution in [0.2, 0.25) is 5.02 Å². The van der Waals surface area contributed by atoms with E-state index in [0.717, 1.165) is 16.8 Å². The SMILES string of the molecule is Cc1ccc(NC(=S)Nc2ccc(Cl)c([N+](=O)[O-])c2)c(C)c1. The molecule has 0 aliphatic rings. The van der Waals surface area contributed by atoms with Gasteiger partial charge in [0.05, 0.1) is 4.92 Å². The molecule has 0 fully saturated rings. The topological polar surface area (TPSA) is 67.2 Å². The molecule has 0 amide bonds. The highest BCUT2D eigenvalue weighted by Crippen LogP contribution is 2.27. The molecule has 0 unspecified atom stereocenters. The molecule has 0 atom stereocenters. The highest BCUT2D eigenvalue weighted by Gasteiger charge is 2.13. The van der Waals surface area contributed by atoms with Gasteiger partial charge in [0.25, 0.3) is 5.69 Å².